The maximum Gasteiger partial charge on any atom is 0.311 e. The second kappa shape index (κ2) is 6.81. The molecule has 20 heavy (non-hydrogen) atoms. The highest BCUT2D eigenvalue weighted by Gasteiger charge is 2.42. The standard InChI is InChI=1S/C14H24N4O2/c1-2-3-4-5-8-12-15-16-17-18(12)11-14(13(19)20)9-6-7-10-14/h2-11H2,1H3,(H,19,20). The van der Waals surface area contributed by atoms with Crippen LogP contribution in [0.15, 0.2) is 0 Å². The molecule has 112 valence electrons. The summed E-state index contributed by atoms with van der Waals surface area (Å²) in [5, 5.41) is 21.3. The average Bonchev–Trinajstić information content (AvgIpc) is 3.06. The lowest BCUT2D eigenvalue weighted by molar-refractivity contribution is -0.149. The van der Waals surface area contributed by atoms with Crippen LogP contribution in [0.1, 0.15) is 64.1 Å². The molecule has 0 aliphatic heterocycles. The molecule has 0 saturated heterocycles. The van der Waals surface area contributed by atoms with Crippen molar-refractivity contribution in [3.63, 3.8) is 0 Å². The minimum atomic E-state index is -0.706. The van der Waals surface area contributed by atoms with Crippen LogP contribution >= 0.6 is 0 Å². The summed E-state index contributed by atoms with van der Waals surface area (Å²) in [5.74, 6) is 0.121. The summed E-state index contributed by atoms with van der Waals surface area (Å²) in [6, 6.07) is 0. The molecule has 0 unspecified atom stereocenters. The monoisotopic (exact) mass is 280 g/mol. The fraction of sp³-hybridized carbons (Fsp3) is 0.857. The molecular formula is C14H24N4O2. The Hall–Kier alpha value is -1.46. The van der Waals surface area contributed by atoms with Crippen molar-refractivity contribution in [2.45, 2.75) is 71.3 Å². The number of carboxylic acid groups (broad SMARTS) is 1. The van der Waals surface area contributed by atoms with Gasteiger partial charge in [0.15, 0.2) is 5.82 Å². The first-order valence-electron chi connectivity index (χ1n) is 7.66. The largest absolute Gasteiger partial charge is 0.481 e. The second-order valence-electron chi connectivity index (χ2n) is 5.86. The second-order valence-corrected chi connectivity index (χ2v) is 5.86. The molecule has 1 aliphatic carbocycles. The summed E-state index contributed by atoms with van der Waals surface area (Å²) < 4.78 is 1.71. The summed E-state index contributed by atoms with van der Waals surface area (Å²) in [6.45, 7) is 2.60. The van der Waals surface area contributed by atoms with Crippen LogP contribution in [0.2, 0.25) is 0 Å². The number of nitrogens with zero attached hydrogens (tertiary/aromatic N) is 4. The van der Waals surface area contributed by atoms with E-state index in [1.807, 2.05) is 0 Å². The van der Waals surface area contributed by atoms with E-state index in [1.165, 1.54) is 19.3 Å². The van der Waals surface area contributed by atoms with Crippen LogP contribution in [0, 0.1) is 5.41 Å². The van der Waals surface area contributed by atoms with Crippen LogP contribution in [-0.2, 0) is 17.8 Å². The molecule has 1 heterocycles. The first-order chi connectivity index (χ1) is 9.68. The van der Waals surface area contributed by atoms with Crippen LogP contribution in [0.5, 0.6) is 0 Å². The molecule has 1 aromatic rings. The number of carboxylic acids is 1. The third-order valence-corrected chi connectivity index (χ3v) is 4.33. The lowest BCUT2D eigenvalue weighted by Crippen LogP contribution is -2.33. The van der Waals surface area contributed by atoms with E-state index in [0.29, 0.717) is 6.54 Å². The molecule has 1 aromatic heterocycles. The van der Waals surface area contributed by atoms with Gasteiger partial charge in [0.2, 0.25) is 0 Å². The molecule has 1 aliphatic rings. The van der Waals surface area contributed by atoms with Gasteiger partial charge in [0, 0.05) is 6.42 Å². The van der Waals surface area contributed by atoms with Crippen molar-refractivity contribution in [2.75, 3.05) is 0 Å². The van der Waals surface area contributed by atoms with Crippen molar-refractivity contribution < 1.29 is 9.90 Å². The van der Waals surface area contributed by atoms with Crippen molar-refractivity contribution in [3.8, 4) is 0 Å². The minimum absolute atomic E-state index is 0.415. The number of rotatable bonds is 8. The van der Waals surface area contributed by atoms with E-state index < -0.39 is 11.4 Å². The summed E-state index contributed by atoms with van der Waals surface area (Å²) in [5.41, 5.74) is -0.659. The fourth-order valence-electron chi connectivity index (χ4n) is 3.01. The van der Waals surface area contributed by atoms with E-state index in [9.17, 15) is 9.90 Å². The molecular weight excluding hydrogens is 256 g/mol. The first-order valence-corrected chi connectivity index (χ1v) is 7.66. The van der Waals surface area contributed by atoms with Crippen LogP contribution in [-0.4, -0.2) is 31.3 Å². The van der Waals surface area contributed by atoms with E-state index in [2.05, 4.69) is 22.4 Å². The Balaban J connectivity index is 1.98. The van der Waals surface area contributed by atoms with E-state index in [0.717, 1.165) is 44.3 Å². The van der Waals surface area contributed by atoms with Gasteiger partial charge in [-0.25, -0.2) is 4.68 Å². The lowest BCUT2D eigenvalue weighted by Gasteiger charge is -2.23. The average molecular weight is 280 g/mol. The summed E-state index contributed by atoms with van der Waals surface area (Å²) in [6.07, 6.45) is 8.94. The molecule has 0 atom stereocenters. The quantitative estimate of drug-likeness (QED) is 0.740. The molecule has 1 saturated carbocycles. The Kier molecular flexibility index (Phi) is 5.09. The van der Waals surface area contributed by atoms with Crippen LogP contribution in [0.3, 0.4) is 0 Å². The number of aliphatic carboxylic acids is 1. The summed E-state index contributed by atoms with van der Waals surface area (Å²) in [7, 11) is 0. The van der Waals surface area contributed by atoms with Crippen molar-refractivity contribution in [2.24, 2.45) is 5.41 Å². The number of unbranched alkanes of at least 4 members (excludes halogenated alkanes) is 3. The number of hydrogen-bond donors (Lipinski definition) is 1. The Morgan fingerprint density at radius 2 is 2.05 bits per heavy atom. The Labute approximate surface area is 119 Å². The normalized spacial score (nSPS) is 17.4. The highest BCUT2D eigenvalue weighted by molar-refractivity contribution is 5.74. The molecule has 0 radical (unpaired) electrons. The van der Waals surface area contributed by atoms with Gasteiger partial charge >= 0.3 is 5.97 Å². The zero-order valence-corrected chi connectivity index (χ0v) is 12.2. The van der Waals surface area contributed by atoms with Gasteiger partial charge in [-0.05, 0) is 29.7 Å². The Morgan fingerprint density at radius 1 is 1.30 bits per heavy atom. The number of tetrazole rings is 1. The highest BCUT2D eigenvalue weighted by Crippen LogP contribution is 2.39. The molecule has 1 fully saturated rings. The highest BCUT2D eigenvalue weighted by atomic mass is 16.4. The van der Waals surface area contributed by atoms with E-state index in [1.54, 1.807) is 4.68 Å². The number of aromatic nitrogens is 4. The zero-order valence-electron chi connectivity index (χ0n) is 12.2. The number of carbonyl (C=O) groups is 1. The molecule has 1 N–H and O–H groups in total. The van der Waals surface area contributed by atoms with Gasteiger partial charge in [-0.2, -0.15) is 0 Å². The predicted molar refractivity (Wildman–Crippen MR) is 74.2 cm³/mol. The Bertz CT molecular complexity index is 438. The molecule has 2 rings (SSSR count). The molecule has 0 spiro atoms. The SMILES string of the molecule is CCCCCCc1nnnn1CC1(C(=O)O)CCCC1. The van der Waals surface area contributed by atoms with Gasteiger partial charge in [-0.1, -0.05) is 39.0 Å². The van der Waals surface area contributed by atoms with Crippen molar-refractivity contribution in [1.82, 2.24) is 20.2 Å². The fourth-order valence-corrected chi connectivity index (χ4v) is 3.01. The van der Waals surface area contributed by atoms with Crippen LogP contribution < -0.4 is 0 Å². The minimum Gasteiger partial charge on any atom is -0.481 e. The molecule has 0 aromatic carbocycles. The Morgan fingerprint density at radius 3 is 2.70 bits per heavy atom. The van der Waals surface area contributed by atoms with Gasteiger partial charge in [0.1, 0.15) is 0 Å². The van der Waals surface area contributed by atoms with Gasteiger partial charge in [0.25, 0.3) is 0 Å². The van der Waals surface area contributed by atoms with Gasteiger partial charge in [-0.15, -0.1) is 5.10 Å². The molecule has 6 heteroatoms. The van der Waals surface area contributed by atoms with Crippen LogP contribution in [0.4, 0.5) is 0 Å². The number of hydrogen-bond acceptors (Lipinski definition) is 4. The van der Waals surface area contributed by atoms with E-state index >= 15 is 0 Å². The molecule has 6 nitrogen and oxygen atoms in total. The first kappa shape index (κ1) is 14.9. The smallest absolute Gasteiger partial charge is 0.311 e. The topological polar surface area (TPSA) is 80.9 Å². The van der Waals surface area contributed by atoms with Gasteiger partial charge in [-0.3, -0.25) is 4.79 Å². The number of aryl methyl sites for hydroxylation is 1. The summed E-state index contributed by atoms with van der Waals surface area (Å²) >= 11 is 0. The van der Waals surface area contributed by atoms with Crippen LogP contribution in [0.25, 0.3) is 0 Å². The molecule has 0 bridgehead atoms. The lowest BCUT2D eigenvalue weighted by atomic mass is 9.86. The van der Waals surface area contributed by atoms with E-state index in [4.69, 9.17) is 0 Å². The third-order valence-electron chi connectivity index (χ3n) is 4.33. The molecule has 0 amide bonds. The van der Waals surface area contributed by atoms with E-state index in [-0.39, 0.29) is 0 Å². The predicted octanol–water partition coefficient (Wildman–Crippen LogP) is 2.44. The van der Waals surface area contributed by atoms with Crippen molar-refractivity contribution in [1.29, 1.82) is 0 Å². The van der Waals surface area contributed by atoms with Crippen molar-refractivity contribution in [3.05, 3.63) is 5.82 Å². The third kappa shape index (κ3) is 3.35. The zero-order chi connectivity index (χ0) is 14.4. The maximum absolute atomic E-state index is 11.6. The summed E-state index contributed by atoms with van der Waals surface area (Å²) in [4.78, 5) is 11.6. The van der Waals surface area contributed by atoms with Gasteiger partial charge < -0.3 is 5.11 Å². The maximum atomic E-state index is 11.6. The van der Waals surface area contributed by atoms with Gasteiger partial charge in [0.05, 0.1) is 12.0 Å². The van der Waals surface area contributed by atoms with Crippen molar-refractivity contribution >= 4 is 5.97 Å².